The molecule has 72 valence electrons. The second-order valence-electron chi connectivity index (χ2n) is 2.61. The fourth-order valence-electron chi connectivity index (χ4n) is 0.943. The van der Waals surface area contributed by atoms with E-state index in [9.17, 15) is 0 Å². The molecule has 0 unspecified atom stereocenters. The summed E-state index contributed by atoms with van der Waals surface area (Å²) in [5, 5.41) is 15.0. The third-order valence-corrected chi connectivity index (χ3v) is 2.59. The van der Waals surface area contributed by atoms with Gasteiger partial charge in [0.25, 0.3) is 0 Å². The molecule has 0 saturated carbocycles. The highest BCUT2D eigenvalue weighted by Crippen LogP contribution is 2.14. The van der Waals surface area contributed by atoms with E-state index < -0.39 is 0 Å². The van der Waals surface area contributed by atoms with Crippen LogP contribution in [-0.2, 0) is 6.54 Å². The summed E-state index contributed by atoms with van der Waals surface area (Å²) in [4.78, 5) is 1.29. The van der Waals surface area contributed by atoms with Crippen LogP contribution in [0.15, 0.2) is 11.4 Å². The largest absolute Gasteiger partial charge is 0.352 e. The Hall–Kier alpha value is -1.07. The van der Waals surface area contributed by atoms with E-state index in [0.29, 0.717) is 6.54 Å². The molecule has 5 heteroatoms. The summed E-state index contributed by atoms with van der Waals surface area (Å²) in [5.74, 6) is 0.271. The quantitative estimate of drug-likeness (QED) is 0.326. The highest BCUT2D eigenvalue weighted by atomic mass is 32.1. The molecule has 1 heterocycles. The van der Waals surface area contributed by atoms with Crippen LogP contribution in [-0.4, -0.2) is 12.6 Å². The van der Waals surface area contributed by atoms with E-state index in [4.69, 9.17) is 11.1 Å². The second-order valence-corrected chi connectivity index (χ2v) is 3.73. The van der Waals surface area contributed by atoms with E-state index in [1.165, 1.54) is 10.4 Å². The van der Waals surface area contributed by atoms with E-state index in [1.54, 1.807) is 11.3 Å². The Balaban J connectivity index is 2.35. The highest BCUT2D eigenvalue weighted by Gasteiger charge is 1.99. The molecule has 4 nitrogen and oxygen atoms in total. The third kappa shape index (κ3) is 3.04. The van der Waals surface area contributed by atoms with Crippen molar-refractivity contribution < 1.29 is 0 Å². The molecule has 1 aromatic heterocycles. The van der Waals surface area contributed by atoms with Crippen LogP contribution in [0.4, 0.5) is 0 Å². The van der Waals surface area contributed by atoms with Crippen molar-refractivity contribution in [3.8, 4) is 0 Å². The number of guanidine groups is 1. The van der Waals surface area contributed by atoms with Crippen molar-refractivity contribution in [2.24, 2.45) is 5.73 Å². The van der Waals surface area contributed by atoms with Crippen molar-refractivity contribution in [3.63, 3.8) is 0 Å². The minimum absolute atomic E-state index is 0.271. The first-order valence-corrected chi connectivity index (χ1v) is 4.91. The van der Waals surface area contributed by atoms with Gasteiger partial charge in [-0.1, -0.05) is 0 Å². The van der Waals surface area contributed by atoms with Gasteiger partial charge in [0.05, 0.1) is 6.67 Å². The summed E-state index contributed by atoms with van der Waals surface area (Å²) in [5.41, 5.74) is 6.45. The molecule has 0 atom stereocenters. The van der Waals surface area contributed by atoms with Crippen LogP contribution in [0.5, 0.6) is 0 Å². The zero-order valence-corrected chi connectivity index (χ0v) is 8.37. The first-order chi connectivity index (χ1) is 6.24. The summed E-state index contributed by atoms with van der Waals surface area (Å²) in [6, 6.07) is 2.06. The van der Waals surface area contributed by atoms with Gasteiger partial charge in [0.15, 0.2) is 5.96 Å². The molecule has 0 aliphatic rings. The van der Waals surface area contributed by atoms with Gasteiger partial charge in [-0.05, 0) is 23.9 Å². The Bertz CT molecular complexity index is 281. The Morgan fingerprint density at radius 2 is 2.38 bits per heavy atom. The molecule has 0 spiro atoms. The van der Waals surface area contributed by atoms with Gasteiger partial charge >= 0.3 is 0 Å². The molecule has 0 saturated heterocycles. The van der Waals surface area contributed by atoms with Crippen molar-refractivity contribution >= 4 is 17.3 Å². The number of aryl methyl sites for hydroxylation is 1. The molecule has 0 radical (unpaired) electrons. The van der Waals surface area contributed by atoms with Crippen molar-refractivity contribution in [3.05, 3.63) is 21.9 Å². The van der Waals surface area contributed by atoms with Crippen LogP contribution in [0.1, 0.15) is 10.4 Å². The summed E-state index contributed by atoms with van der Waals surface area (Å²) < 4.78 is 0. The average molecular weight is 198 g/mol. The van der Waals surface area contributed by atoms with Crippen LogP contribution < -0.4 is 16.4 Å². The average Bonchev–Trinajstić information content (AvgIpc) is 2.48. The minimum Gasteiger partial charge on any atom is -0.352 e. The first-order valence-electron chi connectivity index (χ1n) is 4.03. The highest BCUT2D eigenvalue weighted by molar-refractivity contribution is 7.10. The fourth-order valence-corrected chi connectivity index (χ4v) is 1.67. The van der Waals surface area contributed by atoms with Gasteiger partial charge in [0, 0.05) is 11.4 Å². The van der Waals surface area contributed by atoms with Gasteiger partial charge in [0.1, 0.15) is 0 Å². The Morgan fingerprint density at radius 1 is 1.62 bits per heavy atom. The lowest BCUT2D eigenvalue weighted by Gasteiger charge is -2.07. The van der Waals surface area contributed by atoms with Crippen LogP contribution in [0, 0.1) is 12.3 Å². The Kier molecular flexibility index (Phi) is 3.72. The van der Waals surface area contributed by atoms with Gasteiger partial charge in [-0.15, -0.1) is 11.3 Å². The molecule has 0 fully saturated rings. The SMILES string of the molecule is Cc1sccc1CNC(=N)NCN. The van der Waals surface area contributed by atoms with Gasteiger partial charge < -0.3 is 16.4 Å². The molecule has 1 aromatic rings. The van der Waals surface area contributed by atoms with Crippen molar-refractivity contribution in [1.29, 1.82) is 5.41 Å². The topological polar surface area (TPSA) is 73.9 Å². The Labute approximate surface area is 81.7 Å². The lowest BCUT2D eigenvalue weighted by Crippen LogP contribution is -2.38. The summed E-state index contributed by atoms with van der Waals surface area (Å²) in [6.07, 6.45) is 0. The normalized spacial score (nSPS) is 9.69. The standard InChI is InChI=1S/C8H14N4S/c1-6-7(2-3-13-6)4-11-8(10)12-5-9/h2-3H,4-5,9H2,1H3,(H3,10,11,12). The van der Waals surface area contributed by atoms with Crippen LogP contribution >= 0.6 is 11.3 Å². The molecule has 0 aromatic carbocycles. The monoisotopic (exact) mass is 198 g/mol. The van der Waals surface area contributed by atoms with Crippen LogP contribution in [0.2, 0.25) is 0 Å². The molecule has 13 heavy (non-hydrogen) atoms. The predicted molar refractivity (Wildman–Crippen MR) is 55.8 cm³/mol. The predicted octanol–water partition coefficient (Wildman–Crippen LogP) is 0.587. The fraction of sp³-hybridized carbons (Fsp3) is 0.375. The molecule has 0 bridgehead atoms. The molecule has 0 aliphatic heterocycles. The number of hydrogen-bond acceptors (Lipinski definition) is 3. The molecule has 0 amide bonds. The van der Waals surface area contributed by atoms with E-state index >= 15 is 0 Å². The maximum atomic E-state index is 7.36. The van der Waals surface area contributed by atoms with Gasteiger partial charge in [-0.25, -0.2) is 0 Å². The van der Waals surface area contributed by atoms with Gasteiger partial charge in [-0.2, -0.15) is 0 Å². The van der Waals surface area contributed by atoms with E-state index in [-0.39, 0.29) is 12.6 Å². The summed E-state index contributed by atoms with van der Waals surface area (Å²) in [6.45, 7) is 3.04. The van der Waals surface area contributed by atoms with Crippen molar-refractivity contribution in [2.75, 3.05) is 6.67 Å². The maximum Gasteiger partial charge on any atom is 0.189 e. The maximum absolute atomic E-state index is 7.36. The second kappa shape index (κ2) is 4.84. The number of rotatable bonds is 3. The number of hydrogen-bond donors (Lipinski definition) is 4. The summed E-state index contributed by atoms with van der Waals surface area (Å²) in [7, 11) is 0. The van der Waals surface area contributed by atoms with Crippen molar-refractivity contribution in [2.45, 2.75) is 13.5 Å². The smallest absolute Gasteiger partial charge is 0.189 e. The first kappa shape index (κ1) is 10.0. The zero-order valence-electron chi connectivity index (χ0n) is 7.55. The Morgan fingerprint density at radius 3 is 2.92 bits per heavy atom. The lowest BCUT2D eigenvalue weighted by molar-refractivity contribution is 0.811. The summed E-state index contributed by atoms with van der Waals surface area (Å²) >= 11 is 1.71. The van der Waals surface area contributed by atoms with E-state index in [2.05, 4.69) is 23.6 Å². The molecule has 5 N–H and O–H groups in total. The molecule has 1 rings (SSSR count). The molecular weight excluding hydrogens is 184 g/mol. The number of nitrogens with two attached hydrogens (primary N) is 1. The van der Waals surface area contributed by atoms with E-state index in [0.717, 1.165) is 0 Å². The van der Waals surface area contributed by atoms with Gasteiger partial charge in [-0.3, -0.25) is 5.41 Å². The van der Waals surface area contributed by atoms with E-state index in [1.807, 2.05) is 5.38 Å². The minimum atomic E-state index is 0.271. The van der Waals surface area contributed by atoms with Crippen molar-refractivity contribution in [1.82, 2.24) is 10.6 Å². The number of thiophene rings is 1. The van der Waals surface area contributed by atoms with Crippen LogP contribution in [0.25, 0.3) is 0 Å². The third-order valence-electron chi connectivity index (χ3n) is 1.70. The van der Waals surface area contributed by atoms with Crippen LogP contribution in [0.3, 0.4) is 0 Å². The molecule has 0 aliphatic carbocycles. The molecular formula is C8H14N4S. The zero-order chi connectivity index (χ0) is 9.68. The number of nitrogens with one attached hydrogen (secondary N) is 3. The van der Waals surface area contributed by atoms with Gasteiger partial charge in [0.2, 0.25) is 0 Å². The lowest BCUT2D eigenvalue weighted by atomic mass is 10.3.